The maximum absolute atomic E-state index is 12.5. The molecule has 112 valence electrons. The number of hydrogen-bond donors (Lipinski definition) is 0. The Morgan fingerprint density at radius 1 is 0.810 bits per heavy atom. The minimum Gasteiger partial charge on any atom is -0.293 e. The summed E-state index contributed by atoms with van der Waals surface area (Å²) in [6, 6.07) is 9.68. The Labute approximate surface area is 115 Å². The highest BCUT2D eigenvalue weighted by Crippen LogP contribution is 2.41. The van der Waals surface area contributed by atoms with Crippen LogP contribution in [0.25, 0.3) is 10.8 Å². The average Bonchev–Trinajstić information content (AvgIpc) is 2.34. The lowest BCUT2D eigenvalue weighted by Crippen LogP contribution is -2.42. The maximum Gasteiger partial charge on any atom is 0.407 e. The van der Waals surface area contributed by atoms with Crippen LogP contribution in [0.4, 0.5) is 26.3 Å². The molecular formula is C14H8F6O. The van der Waals surface area contributed by atoms with Crippen molar-refractivity contribution >= 4 is 16.6 Å². The molecule has 0 N–H and O–H groups in total. The number of Topliss-reactive ketones (excluding diaryl/α,β-unsaturated/α-hetero) is 1. The van der Waals surface area contributed by atoms with E-state index in [1.54, 1.807) is 18.2 Å². The summed E-state index contributed by atoms with van der Waals surface area (Å²) in [5, 5.41) is 1.01. The third-order valence-corrected chi connectivity index (χ3v) is 2.95. The van der Waals surface area contributed by atoms with Crippen LogP contribution in [0.15, 0.2) is 42.5 Å². The Balaban J connectivity index is 2.49. The summed E-state index contributed by atoms with van der Waals surface area (Å²) in [5.74, 6) is -6.01. The molecule has 2 rings (SSSR count). The summed E-state index contributed by atoms with van der Waals surface area (Å²) in [6.07, 6.45) is -11.4. The maximum atomic E-state index is 12.5. The molecule has 0 spiro atoms. The molecule has 0 bridgehead atoms. The predicted molar refractivity (Wildman–Crippen MR) is 63.9 cm³/mol. The fourth-order valence-electron chi connectivity index (χ4n) is 1.99. The van der Waals surface area contributed by atoms with E-state index in [0.717, 1.165) is 12.1 Å². The lowest BCUT2D eigenvalue weighted by atomic mass is 9.94. The Hall–Kier alpha value is -2.05. The smallest absolute Gasteiger partial charge is 0.293 e. The number of ketones is 1. The van der Waals surface area contributed by atoms with E-state index in [1.165, 1.54) is 12.1 Å². The number of hydrogen-bond acceptors (Lipinski definition) is 1. The fraction of sp³-hybridized carbons (Fsp3) is 0.214. The molecule has 2 aromatic rings. The molecule has 7 heteroatoms. The molecule has 2 aromatic carbocycles. The number of halogens is 6. The molecule has 0 saturated heterocycles. The molecule has 0 aliphatic carbocycles. The van der Waals surface area contributed by atoms with Gasteiger partial charge in [-0.3, -0.25) is 4.79 Å². The fourth-order valence-corrected chi connectivity index (χ4v) is 1.99. The van der Waals surface area contributed by atoms with Crippen LogP contribution in [0.1, 0.15) is 10.4 Å². The normalized spacial score (nSPS) is 12.9. The van der Waals surface area contributed by atoms with E-state index >= 15 is 0 Å². The van der Waals surface area contributed by atoms with Crippen molar-refractivity contribution in [2.45, 2.75) is 12.4 Å². The molecule has 0 unspecified atom stereocenters. The number of carbonyl (C=O) groups is 1. The number of rotatable bonds is 2. The van der Waals surface area contributed by atoms with Crippen LogP contribution in [-0.4, -0.2) is 18.1 Å². The Bertz CT molecular complexity index is 657. The van der Waals surface area contributed by atoms with E-state index < -0.39 is 29.6 Å². The largest absolute Gasteiger partial charge is 0.407 e. The lowest BCUT2D eigenvalue weighted by Gasteiger charge is -2.21. The molecule has 0 aliphatic heterocycles. The first-order valence-corrected chi connectivity index (χ1v) is 5.77. The Kier molecular flexibility index (Phi) is 3.69. The first kappa shape index (κ1) is 15.3. The van der Waals surface area contributed by atoms with Gasteiger partial charge in [0.25, 0.3) is 0 Å². The molecule has 0 atom stereocenters. The summed E-state index contributed by atoms with van der Waals surface area (Å²) >= 11 is 0. The first-order valence-electron chi connectivity index (χ1n) is 5.77. The SMILES string of the molecule is O=C(c1ccc2ccccc2c1)C(C(F)(F)F)C(F)(F)F. The second-order valence-corrected chi connectivity index (χ2v) is 4.44. The number of alkyl halides is 6. The van der Waals surface area contributed by atoms with Gasteiger partial charge in [0.05, 0.1) is 0 Å². The molecule has 0 aliphatic rings. The van der Waals surface area contributed by atoms with E-state index in [4.69, 9.17) is 0 Å². The van der Waals surface area contributed by atoms with Crippen LogP contribution < -0.4 is 0 Å². The molecule has 0 saturated carbocycles. The van der Waals surface area contributed by atoms with Crippen molar-refractivity contribution in [3.05, 3.63) is 48.0 Å². The van der Waals surface area contributed by atoms with Crippen molar-refractivity contribution in [2.24, 2.45) is 5.92 Å². The van der Waals surface area contributed by atoms with Crippen LogP contribution in [0, 0.1) is 5.92 Å². The van der Waals surface area contributed by atoms with Gasteiger partial charge in [-0.1, -0.05) is 36.4 Å². The summed E-state index contributed by atoms with van der Waals surface area (Å²) in [7, 11) is 0. The Morgan fingerprint density at radius 2 is 1.33 bits per heavy atom. The van der Waals surface area contributed by atoms with Crippen LogP contribution in [0.3, 0.4) is 0 Å². The van der Waals surface area contributed by atoms with Crippen molar-refractivity contribution in [1.29, 1.82) is 0 Å². The molecule has 0 heterocycles. The van der Waals surface area contributed by atoms with Crippen molar-refractivity contribution in [1.82, 2.24) is 0 Å². The van der Waals surface area contributed by atoms with E-state index in [9.17, 15) is 31.1 Å². The number of fused-ring (bicyclic) bond motifs is 1. The van der Waals surface area contributed by atoms with Crippen molar-refractivity contribution in [3.8, 4) is 0 Å². The van der Waals surface area contributed by atoms with Gasteiger partial charge in [-0.2, -0.15) is 26.3 Å². The van der Waals surface area contributed by atoms with Gasteiger partial charge >= 0.3 is 12.4 Å². The molecule has 0 fully saturated rings. The second kappa shape index (κ2) is 5.05. The molecule has 1 nitrogen and oxygen atoms in total. The molecule has 0 amide bonds. The zero-order valence-corrected chi connectivity index (χ0v) is 10.3. The van der Waals surface area contributed by atoms with Gasteiger partial charge in [0, 0.05) is 5.56 Å². The minimum absolute atomic E-state index is 0.395. The van der Waals surface area contributed by atoms with Crippen molar-refractivity contribution in [3.63, 3.8) is 0 Å². The zero-order valence-electron chi connectivity index (χ0n) is 10.3. The predicted octanol–water partition coefficient (Wildman–Crippen LogP) is 4.76. The topological polar surface area (TPSA) is 17.1 Å². The summed E-state index contributed by atoms with van der Waals surface area (Å²) in [6.45, 7) is 0. The first-order chi connectivity index (χ1) is 9.60. The highest BCUT2D eigenvalue weighted by atomic mass is 19.4. The van der Waals surface area contributed by atoms with Gasteiger partial charge in [-0.05, 0) is 16.8 Å². The van der Waals surface area contributed by atoms with Gasteiger partial charge < -0.3 is 0 Å². The van der Waals surface area contributed by atoms with Crippen LogP contribution in [-0.2, 0) is 0 Å². The van der Waals surface area contributed by atoms with Gasteiger partial charge in [0.1, 0.15) is 0 Å². The zero-order chi connectivity index (χ0) is 15.8. The monoisotopic (exact) mass is 306 g/mol. The van der Waals surface area contributed by atoms with Gasteiger partial charge in [-0.15, -0.1) is 0 Å². The second-order valence-electron chi connectivity index (χ2n) is 4.44. The van der Waals surface area contributed by atoms with Gasteiger partial charge in [0.15, 0.2) is 5.78 Å². The number of benzene rings is 2. The van der Waals surface area contributed by atoms with Crippen molar-refractivity contribution in [2.75, 3.05) is 0 Å². The molecule has 0 aromatic heterocycles. The van der Waals surface area contributed by atoms with E-state index in [2.05, 4.69) is 0 Å². The standard InChI is InChI=1S/C14H8F6O/c15-13(16,17)12(14(18,19)20)11(21)10-6-5-8-3-1-2-4-9(8)7-10/h1-7,12H. The summed E-state index contributed by atoms with van der Waals surface area (Å²) in [5.41, 5.74) is -0.617. The minimum atomic E-state index is -5.68. The van der Waals surface area contributed by atoms with E-state index in [-0.39, 0.29) is 0 Å². The third-order valence-electron chi connectivity index (χ3n) is 2.95. The van der Waals surface area contributed by atoms with Crippen molar-refractivity contribution < 1.29 is 31.1 Å². The number of carbonyl (C=O) groups excluding carboxylic acids is 1. The summed E-state index contributed by atoms with van der Waals surface area (Å²) in [4.78, 5) is 11.6. The highest BCUT2D eigenvalue weighted by molar-refractivity contribution is 6.02. The van der Waals surface area contributed by atoms with Gasteiger partial charge in [-0.25, -0.2) is 0 Å². The molecular weight excluding hydrogens is 298 g/mol. The van der Waals surface area contributed by atoms with E-state index in [1.807, 2.05) is 0 Å². The van der Waals surface area contributed by atoms with Crippen LogP contribution in [0.5, 0.6) is 0 Å². The molecule has 21 heavy (non-hydrogen) atoms. The lowest BCUT2D eigenvalue weighted by molar-refractivity contribution is -0.264. The highest BCUT2D eigenvalue weighted by Gasteiger charge is 2.60. The van der Waals surface area contributed by atoms with Crippen LogP contribution >= 0.6 is 0 Å². The van der Waals surface area contributed by atoms with Crippen LogP contribution in [0.2, 0.25) is 0 Å². The summed E-state index contributed by atoms with van der Waals surface area (Å²) < 4.78 is 75.2. The third kappa shape index (κ3) is 3.17. The molecule has 0 radical (unpaired) electrons. The van der Waals surface area contributed by atoms with Gasteiger partial charge in [0.2, 0.25) is 5.92 Å². The quantitative estimate of drug-likeness (QED) is 0.577. The Morgan fingerprint density at radius 3 is 1.86 bits per heavy atom. The average molecular weight is 306 g/mol. The van der Waals surface area contributed by atoms with E-state index in [0.29, 0.717) is 10.8 Å².